The number of aliphatic hydroxyl groups is 1. The minimum Gasteiger partial charge on any atom is -0.390 e. The number of rotatable bonds is 9. The molecule has 21 heavy (non-hydrogen) atoms. The van der Waals surface area contributed by atoms with Gasteiger partial charge in [0.2, 0.25) is 0 Å². The highest BCUT2D eigenvalue weighted by Crippen LogP contribution is 2.44. The van der Waals surface area contributed by atoms with Crippen molar-refractivity contribution in [3.8, 4) is 0 Å². The van der Waals surface area contributed by atoms with E-state index in [9.17, 15) is 13.5 Å². The molecule has 2 saturated heterocycles. The predicted molar refractivity (Wildman–Crippen MR) is 87.1 cm³/mol. The topological polar surface area (TPSA) is 54.4 Å². The zero-order valence-electron chi connectivity index (χ0n) is 13.5. The molecule has 0 saturated carbocycles. The minimum atomic E-state index is -2.91. The molecule has 2 unspecified atom stereocenters. The van der Waals surface area contributed by atoms with Crippen LogP contribution in [-0.4, -0.2) is 29.6 Å². The molecule has 0 radical (unpaired) electrons. The van der Waals surface area contributed by atoms with Gasteiger partial charge < -0.3 is 5.11 Å². The van der Waals surface area contributed by atoms with Crippen LogP contribution in [0.1, 0.15) is 90.4 Å². The molecule has 2 bridgehead atoms. The molecule has 2 fully saturated rings. The Morgan fingerprint density at radius 2 is 1.38 bits per heavy atom. The van der Waals surface area contributed by atoms with Gasteiger partial charge in [0.15, 0.2) is 9.84 Å². The van der Waals surface area contributed by atoms with Crippen LogP contribution in [0.4, 0.5) is 0 Å². The van der Waals surface area contributed by atoms with E-state index in [-0.39, 0.29) is 10.5 Å². The summed E-state index contributed by atoms with van der Waals surface area (Å²) in [6, 6.07) is 0. The zero-order chi connectivity index (χ0) is 15.3. The summed E-state index contributed by atoms with van der Waals surface area (Å²) in [6.07, 6.45) is 13.4. The first kappa shape index (κ1) is 17.3. The van der Waals surface area contributed by atoms with Gasteiger partial charge in [-0.15, -0.1) is 0 Å². The molecule has 0 aromatic rings. The molecule has 0 aliphatic carbocycles. The third-order valence-electron chi connectivity index (χ3n) is 5.45. The molecule has 4 heteroatoms. The molecule has 2 rings (SSSR count). The number of sulfone groups is 1. The lowest BCUT2D eigenvalue weighted by molar-refractivity contribution is 0.0108. The van der Waals surface area contributed by atoms with Gasteiger partial charge in [0.05, 0.1) is 16.1 Å². The van der Waals surface area contributed by atoms with Crippen LogP contribution in [0, 0.1) is 0 Å². The highest BCUT2D eigenvalue weighted by atomic mass is 32.2. The van der Waals surface area contributed by atoms with Crippen molar-refractivity contribution < 1.29 is 13.5 Å². The summed E-state index contributed by atoms with van der Waals surface area (Å²) in [5, 5.41) is 10.2. The van der Waals surface area contributed by atoms with Crippen LogP contribution in [0.2, 0.25) is 0 Å². The van der Waals surface area contributed by atoms with Crippen LogP contribution >= 0.6 is 0 Å². The lowest BCUT2D eigenvalue weighted by Gasteiger charge is -2.36. The number of hydrogen-bond acceptors (Lipinski definition) is 3. The van der Waals surface area contributed by atoms with E-state index >= 15 is 0 Å². The molecule has 0 aromatic heterocycles. The fourth-order valence-corrected chi connectivity index (χ4v) is 6.69. The normalized spacial score (nSPS) is 34.2. The zero-order valence-corrected chi connectivity index (χ0v) is 14.3. The van der Waals surface area contributed by atoms with Crippen LogP contribution < -0.4 is 0 Å². The summed E-state index contributed by atoms with van der Waals surface area (Å²) >= 11 is 0. The second kappa shape index (κ2) is 7.45. The second-order valence-electron chi connectivity index (χ2n) is 7.27. The average Bonchev–Trinajstić information content (AvgIpc) is 2.62. The molecule has 0 amide bonds. The van der Waals surface area contributed by atoms with Crippen molar-refractivity contribution in [3.63, 3.8) is 0 Å². The molecule has 124 valence electrons. The molecule has 2 aliphatic heterocycles. The van der Waals surface area contributed by atoms with Gasteiger partial charge >= 0.3 is 0 Å². The summed E-state index contributed by atoms with van der Waals surface area (Å²) in [7, 11) is -2.91. The van der Waals surface area contributed by atoms with E-state index in [1.807, 2.05) is 0 Å². The Hall–Kier alpha value is -0.0900. The number of unbranched alkanes of at least 4 members (excludes halogenated alkanes) is 7. The molecule has 2 aliphatic rings. The van der Waals surface area contributed by atoms with Crippen molar-refractivity contribution in [1.29, 1.82) is 0 Å². The van der Waals surface area contributed by atoms with Crippen molar-refractivity contribution in [2.75, 3.05) is 0 Å². The molecule has 2 atom stereocenters. The first-order valence-electron chi connectivity index (χ1n) is 8.93. The van der Waals surface area contributed by atoms with Crippen molar-refractivity contribution in [2.45, 2.75) is 106 Å². The van der Waals surface area contributed by atoms with E-state index in [4.69, 9.17) is 0 Å². The Balaban J connectivity index is 1.63. The van der Waals surface area contributed by atoms with Gasteiger partial charge in [0.25, 0.3) is 0 Å². The second-order valence-corrected chi connectivity index (χ2v) is 9.78. The van der Waals surface area contributed by atoms with Crippen LogP contribution in [0.5, 0.6) is 0 Å². The minimum absolute atomic E-state index is 0.254. The van der Waals surface area contributed by atoms with E-state index in [2.05, 4.69) is 6.92 Å². The monoisotopic (exact) mass is 316 g/mol. The lowest BCUT2D eigenvalue weighted by atomic mass is 9.87. The summed E-state index contributed by atoms with van der Waals surface area (Å²) in [6.45, 7) is 2.23. The molecule has 0 spiro atoms. The quantitative estimate of drug-likeness (QED) is 0.654. The van der Waals surface area contributed by atoms with Crippen LogP contribution in [0.3, 0.4) is 0 Å². The fraction of sp³-hybridized carbons (Fsp3) is 1.00. The number of hydrogen-bond donors (Lipinski definition) is 1. The van der Waals surface area contributed by atoms with Crippen molar-refractivity contribution in [1.82, 2.24) is 0 Å². The standard InChI is InChI=1S/C17H32O3S/c1-2-3-4-5-6-7-8-9-12-17(18)13-15-10-11-16(14-17)21(15,19)20/h15-16,18H,2-14H2,1H3. The summed E-state index contributed by atoms with van der Waals surface area (Å²) in [5.74, 6) is 0. The van der Waals surface area contributed by atoms with E-state index < -0.39 is 15.4 Å². The fourth-order valence-electron chi connectivity index (χ4n) is 4.13. The van der Waals surface area contributed by atoms with Gasteiger partial charge in [-0.3, -0.25) is 0 Å². The SMILES string of the molecule is CCCCCCCCCCC1(O)CC2CCC(C1)S2(=O)=O. The van der Waals surface area contributed by atoms with Crippen LogP contribution in [0.25, 0.3) is 0 Å². The van der Waals surface area contributed by atoms with Crippen LogP contribution in [-0.2, 0) is 9.84 Å². The predicted octanol–water partition coefficient (Wildman–Crippen LogP) is 3.99. The third kappa shape index (κ3) is 4.44. The van der Waals surface area contributed by atoms with Gasteiger partial charge in [0, 0.05) is 0 Å². The summed E-state index contributed by atoms with van der Waals surface area (Å²) in [5.41, 5.74) is -0.695. The van der Waals surface area contributed by atoms with E-state index in [1.165, 1.54) is 44.9 Å². The maximum Gasteiger partial charge on any atom is 0.156 e. The molecule has 3 nitrogen and oxygen atoms in total. The van der Waals surface area contributed by atoms with E-state index in [0.717, 1.165) is 25.7 Å². The third-order valence-corrected chi connectivity index (χ3v) is 8.11. The Bertz CT molecular complexity index is 396. The van der Waals surface area contributed by atoms with Gasteiger partial charge in [-0.1, -0.05) is 58.3 Å². The van der Waals surface area contributed by atoms with Crippen LogP contribution in [0.15, 0.2) is 0 Å². The van der Waals surface area contributed by atoms with Gasteiger partial charge in [-0.05, 0) is 32.1 Å². The summed E-state index contributed by atoms with van der Waals surface area (Å²) < 4.78 is 24.1. The van der Waals surface area contributed by atoms with E-state index in [0.29, 0.717) is 12.8 Å². The molecule has 1 N–H and O–H groups in total. The number of fused-ring (bicyclic) bond motifs is 2. The Kier molecular flexibility index (Phi) is 6.13. The van der Waals surface area contributed by atoms with Gasteiger partial charge in [-0.2, -0.15) is 0 Å². The molecule has 2 heterocycles. The van der Waals surface area contributed by atoms with Gasteiger partial charge in [-0.25, -0.2) is 8.42 Å². The summed E-state index contributed by atoms with van der Waals surface area (Å²) in [4.78, 5) is 0. The first-order chi connectivity index (χ1) is 9.98. The van der Waals surface area contributed by atoms with Crippen molar-refractivity contribution in [3.05, 3.63) is 0 Å². The Morgan fingerprint density at radius 1 is 0.905 bits per heavy atom. The van der Waals surface area contributed by atoms with Crippen molar-refractivity contribution in [2.24, 2.45) is 0 Å². The maximum absolute atomic E-state index is 12.1. The lowest BCUT2D eigenvalue weighted by Crippen LogP contribution is -2.44. The maximum atomic E-state index is 12.1. The smallest absolute Gasteiger partial charge is 0.156 e. The highest BCUT2D eigenvalue weighted by molar-refractivity contribution is 7.93. The largest absolute Gasteiger partial charge is 0.390 e. The van der Waals surface area contributed by atoms with E-state index in [1.54, 1.807) is 0 Å². The molecular formula is C17H32O3S. The Labute approximate surface area is 130 Å². The highest BCUT2D eigenvalue weighted by Gasteiger charge is 2.52. The Morgan fingerprint density at radius 3 is 1.90 bits per heavy atom. The molecule has 0 aromatic carbocycles. The first-order valence-corrected chi connectivity index (χ1v) is 10.5. The molecular weight excluding hydrogens is 284 g/mol. The van der Waals surface area contributed by atoms with Gasteiger partial charge in [0.1, 0.15) is 0 Å². The average molecular weight is 317 g/mol. The van der Waals surface area contributed by atoms with Crippen molar-refractivity contribution >= 4 is 9.84 Å².